The number of likely N-dealkylation sites (tertiary alicyclic amines) is 1. The van der Waals surface area contributed by atoms with Crippen LogP contribution in [0.4, 0.5) is 0 Å². The van der Waals surface area contributed by atoms with Crippen molar-refractivity contribution in [1.29, 1.82) is 0 Å². The standard InChI is InChI=1S/C18H31NO4/c1-13(2)19-11-10-15(12-16(19)18(22)23)17(21)9-7-5-4-6-8-14(3)20/h13,15-16H,4-12H2,1-3H3,(H,22,23)/t15?,16-/m0/s1. The third-order valence-electron chi connectivity index (χ3n) is 4.75. The van der Waals surface area contributed by atoms with Crippen LogP contribution in [0.25, 0.3) is 0 Å². The fourth-order valence-corrected chi connectivity index (χ4v) is 3.37. The molecule has 1 saturated heterocycles. The van der Waals surface area contributed by atoms with Crippen molar-refractivity contribution in [2.75, 3.05) is 6.54 Å². The van der Waals surface area contributed by atoms with Crippen LogP contribution in [0.1, 0.15) is 72.1 Å². The van der Waals surface area contributed by atoms with Crippen LogP contribution < -0.4 is 0 Å². The molecule has 0 aromatic heterocycles. The highest BCUT2D eigenvalue weighted by atomic mass is 16.4. The van der Waals surface area contributed by atoms with E-state index in [1.54, 1.807) is 6.92 Å². The third kappa shape index (κ3) is 6.81. The van der Waals surface area contributed by atoms with Gasteiger partial charge in [-0.25, -0.2) is 0 Å². The van der Waals surface area contributed by atoms with E-state index < -0.39 is 12.0 Å². The molecular formula is C18H31NO4. The highest BCUT2D eigenvalue weighted by Gasteiger charge is 2.36. The molecule has 0 spiro atoms. The van der Waals surface area contributed by atoms with Crippen LogP contribution in [0.3, 0.4) is 0 Å². The number of carboxylic acids is 1. The molecule has 0 amide bonds. The molecule has 0 aromatic carbocycles. The van der Waals surface area contributed by atoms with Crippen molar-refractivity contribution < 1.29 is 19.5 Å². The van der Waals surface area contributed by atoms with E-state index in [9.17, 15) is 19.5 Å². The summed E-state index contributed by atoms with van der Waals surface area (Å²) in [6.45, 7) is 6.29. The number of hydrogen-bond acceptors (Lipinski definition) is 4. The lowest BCUT2D eigenvalue weighted by Crippen LogP contribution is -2.51. The van der Waals surface area contributed by atoms with Gasteiger partial charge in [0.2, 0.25) is 0 Å². The minimum absolute atomic E-state index is 0.108. The summed E-state index contributed by atoms with van der Waals surface area (Å²) >= 11 is 0. The molecular weight excluding hydrogens is 294 g/mol. The number of carbonyl (C=O) groups is 3. The Labute approximate surface area is 139 Å². The summed E-state index contributed by atoms with van der Waals surface area (Å²) in [7, 11) is 0. The molecule has 0 radical (unpaired) electrons. The van der Waals surface area contributed by atoms with Gasteiger partial charge in [0.05, 0.1) is 0 Å². The zero-order valence-corrected chi connectivity index (χ0v) is 14.7. The Hall–Kier alpha value is -1.23. The van der Waals surface area contributed by atoms with Gasteiger partial charge < -0.3 is 9.90 Å². The maximum Gasteiger partial charge on any atom is 0.320 e. The van der Waals surface area contributed by atoms with E-state index in [1.165, 1.54) is 0 Å². The monoisotopic (exact) mass is 325 g/mol. The second-order valence-electron chi connectivity index (χ2n) is 6.99. The molecule has 132 valence electrons. The van der Waals surface area contributed by atoms with Crippen molar-refractivity contribution in [2.45, 2.75) is 84.2 Å². The van der Waals surface area contributed by atoms with E-state index in [2.05, 4.69) is 0 Å². The van der Waals surface area contributed by atoms with Crippen molar-refractivity contribution in [2.24, 2.45) is 5.92 Å². The number of piperidine rings is 1. The van der Waals surface area contributed by atoms with Gasteiger partial charge in [0.15, 0.2) is 0 Å². The summed E-state index contributed by atoms with van der Waals surface area (Å²) in [4.78, 5) is 36.6. The van der Waals surface area contributed by atoms with Crippen LogP contribution >= 0.6 is 0 Å². The van der Waals surface area contributed by atoms with Crippen LogP contribution in [0.15, 0.2) is 0 Å². The molecule has 23 heavy (non-hydrogen) atoms. The van der Waals surface area contributed by atoms with Crippen molar-refractivity contribution in [3.05, 3.63) is 0 Å². The number of hydrogen-bond donors (Lipinski definition) is 1. The van der Waals surface area contributed by atoms with Crippen molar-refractivity contribution in [1.82, 2.24) is 4.90 Å². The summed E-state index contributed by atoms with van der Waals surface area (Å²) in [5.41, 5.74) is 0. The van der Waals surface area contributed by atoms with Crippen molar-refractivity contribution in [3.8, 4) is 0 Å². The predicted molar refractivity (Wildman–Crippen MR) is 89.4 cm³/mol. The minimum atomic E-state index is -0.819. The molecule has 0 aromatic rings. The van der Waals surface area contributed by atoms with Crippen molar-refractivity contribution in [3.63, 3.8) is 0 Å². The quantitative estimate of drug-likeness (QED) is 0.625. The molecule has 0 saturated carbocycles. The summed E-state index contributed by atoms with van der Waals surface area (Å²) in [6.07, 6.45) is 6.07. The fourth-order valence-electron chi connectivity index (χ4n) is 3.37. The predicted octanol–water partition coefficient (Wildman–Crippen LogP) is 3.06. The first-order valence-electron chi connectivity index (χ1n) is 8.83. The normalized spacial score (nSPS) is 22.3. The van der Waals surface area contributed by atoms with Gasteiger partial charge in [-0.2, -0.15) is 0 Å². The average Bonchev–Trinajstić information content (AvgIpc) is 2.49. The number of unbranched alkanes of at least 4 members (excludes halogenated alkanes) is 3. The van der Waals surface area contributed by atoms with Crippen molar-refractivity contribution >= 4 is 17.5 Å². The Bertz CT molecular complexity index is 419. The topological polar surface area (TPSA) is 74.7 Å². The first-order valence-corrected chi connectivity index (χ1v) is 8.83. The molecule has 5 heteroatoms. The summed E-state index contributed by atoms with van der Waals surface area (Å²) in [6, 6.07) is -0.346. The summed E-state index contributed by atoms with van der Waals surface area (Å²) in [5, 5.41) is 9.39. The van der Waals surface area contributed by atoms with E-state index in [-0.39, 0.29) is 23.5 Å². The number of Topliss-reactive ketones (excluding diaryl/α,β-unsaturated/α-hetero) is 2. The maximum absolute atomic E-state index is 12.3. The Balaban J connectivity index is 2.34. The number of rotatable bonds is 10. The molecule has 1 unspecified atom stereocenters. The largest absolute Gasteiger partial charge is 0.480 e. The zero-order chi connectivity index (χ0) is 17.4. The van der Waals surface area contributed by atoms with Crippen LogP contribution in [0.5, 0.6) is 0 Å². The third-order valence-corrected chi connectivity index (χ3v) is 4.75. The SMILES string of the molecule is CC(=O)CCCCCCC(=O)C1CCN(C(C)C)[C@H](C(=O)O)C1. The number of carboxylic acid groups (broad SMARTS) is 1. The zero-order valence-electron chi connectivity index (χ0n) is 14.7. The van der Waals surface area contributed by atoms with E-state index in [0.29, 0.717) is 25.8 Å². The number of aliphatic carboxylic acids is 1. The second-order valence-corrected chi connectivity index (χ2v) is 6.99. The van der Waals surface area contributed by atoms with E-state index in [0.717, 1.165) is 32.1 Å². The molecule has 1 heterocycles. The lowest BCUT2D eigenvalue weighted by atomic mass is 9.85. The first kappa shape index (κ1) is 19.8. The fraction of sp³-hybridized carbons (Fsp3) is 0.833. The maximum atomic E-state index is 12.3. The Kier molecular flexibility index (Phi) is 8.45. The molecule has 1 fully saturated rings. The molecule has 1 rings (SSSR count). The summed E-state index contributed by atoms with van der Waals surface area (Å²) in [5.74, 6) is -0.493. The van der Waals surface area contributed by atoms with Gasteiger partial charge in [0.25, 0.3) is 0 Å². The molecule has 1 aliphatic heterocycles. The van der Waals surface area contributed by atoms with Gasteiger partial charge in [0.1, 0.15) is 17.6 Å². The van der Waals surface area contributed by atoms with Crippen LogP contribution in [0, 0.1) is 5.92 Å². The first-order chi connectivity index (χ1) is 10.8. The molecule has 1 aliphatic rings. The Morgan fingerprint density at radius 1 is 1.09 bits per heavy atom. The van der Waals surface area contributed by atoms with Gasteiger partial charge in [-0.05, 0) is 53.0 Å². The van der Waals surface area contributed by atoms with Crippen LogP contribution in [-0.4, -0.2) is 46.2 Å². The Morgan fingerprint density at radius 2 is 1.70 bits per heavy atom. The summed E-state index contributed by atoms with van der Waals surface area (Å²) < 4.78 is 0. The van der Waals surface area contributed by atoms with Crippen LogP contribution in [0.2, 0.25) is 0 Å². The molecule has 0 aliphatic carbocycles. The van der Waals surface area contributed by atoms with E-state index in [4.69, 9.17) is 0 Å². The lowest BCUT2D eigenvalue weighted by Gasteiger charge is -2.39. The Morgan fingerprint density at radius 3 is 2.22 bits per heavy atom. The molecule has 2 atom stereocenters. The van der Waals surface area contributed by atoms with Gasteiger partial charge in [-0.1, -0.05) is 12.8 Å². The molecule has 1 N–H and O–H groups in total. The van der Waals surface area contributed by atoms with E-state index >= 15 is 0 Å². The number of carbonyl (C=O) groups excluding carboxylic acids is 2. The van der Waals surface area contributed by atoms with Gasteiger partial charge >= 0.3 is 5.97 Å². The van der Waals surface area contributed by atoms with E-state index in [1.807, 2.05) is 18.7 Å². The minimum Gasteiger partial charge on any atom is -0.480 e. The van der Waals surface area contributed by atoms with Crippen LogP contribution in [-0.2, 0) is 14.4 Å². The van der Waals surface area contributed by atoms with Gasteiger partial charge in [-0.3, -0.25) is 14.5 Å². The smallest absolute Gasteiger partial charge is 0.320 e. The highest BCUT2D eigenvalue weighted by Crippen LogP contribution is 2.27. The number of ketones is 2. The average molecular weight is 325 g/mol. The lowest BCUT2D eigenvalue weighted by molar-refractivity contribution is -0.147. The van der Waals surface area contributed by atoms with Gasteiger partial charge in [-0.15, -0.1) is 0 Å². The number of nitrogens with zero attached hydrogens (tertiary/aromatic N) is 1. The molecule has 5 nitrogen and oxygen atoms in total. The van der Waals surface area contributed by atoms with Gasteiger partial charge in [0, 0.05) is 24.8 Å². The second kappa shape index (κ2) is 9.81. The molecule has 0 bridgehead atoms. The highest BCUT2D eigenvalue weighted by molar-refractivity contribution is 5.82.